The summed E-state index contributed by atoms with van der Waals surface area (Å²) in [5, 5.41) is 5.31. The molecule has 0 bridgehead atoms. The molecule has 1 N–H and O–H groups in total. The SMILES string of the molecule is CCc1ccccc1NC(=O)c1cc2c(Cl)nc3ccc(C)cc3c2s1. The van der Waals surface area contributed by atoms with Gasteiger partial charge in [-0.15, -0.1) is 11.3 Å². The zero-order valence-electron chi connectivity index (χ0n) is 14.5. The number of rotatable bonds is 3. The van der Waals surface area contributed by atoms with Crippen LogP contribution < -0.4 is 5.32 Å². The van der Waals surface area contributed by atoms with Crippen LogP contribution >= 0.6 is 22.9 Å². The summed E-state index contributed by atoms with van der Waals surface area (Å²) in [6.45, 7) is 4.12. The van der Waals surface area contributed by atoms with Crippen molar-refractivity contribution in [3.05, 3.63) is 69.7 Å². The summed E-state index contributed by atoms with van der Waals surface area (Å²) in [7, 11) is 0. The second-order valence-corrected chi connectivity index (χ2v) is 7.65. The van der Waals surface area contributed by atoms with Crippen LogP contribution in [0.5, 0.6) is 0 Å². The Morgan fingerprint density at radius 3 is 2.77 bits per heavy atom. The standard InChI is InChI=1S/C21H17ClN2OS/c1-3-13-6-4-5-7-16(13)24-21(25)18-11-15-19(26-18)14-10-12(2)8-9-17(14)23-20(15)22/h4-11H,3H2,1-2H3,(H,24,25). The van der Waals surface area contributed by atoms with Crippen molar-refractivity contribution in [3.63, 3.8) is 0 Å². The van der Waals surface area contributed by atoms with Crippen molar-refractivity contribution in [1.82, 2.24) is 4.98 Å². The Hall–Kier alpha value is -2.43. The molecule has 4 rings (SSSR count). The van der Waals surface area contributed by atoms with Gasteiger partial charge in [0.05, 0.1) is 10.4 Å². The largest absolute Gasteiger partial charge is 0.321 e. The van der Waals surface area contributed by atoms with Crippen molar-refractivity contribution in [1.29, 1.82) is 0 Å². The number of hydrogen-bond acceptors (Lipinski definition) is 3. The molecule has 5 heteroatoms. The van der Waals surface area contributed by atoms with Crippen LogP contribution in [0.2, 0.25) is 5.15 Å². The lowest BCUT2D eigenvalue weighted by Gasteiger charge is -2.08. The lowest BCUT2D eigenvalue weighted by atomic mass is 10.1. The molecule has 0 saturated carbocycles. The van der Waals surface area contributed by atoms with Gasteiger partial charge in [0, 0.05) is 21.2 Å². The van der Waals surface area contributed by atoms with E-state index in [1.54, 1.807) is 0 Å². The molecule has 4 aromatic rings. The summed E-state index contributed by atoms with van der Waals surface area (Å²) in [5.41, 5.74) is 3.96. The summed E-state index contributed by atoms with van der Waals surface area (Å²) in [5.74, 6) is -0.121. The summed E-state index contributed by atoms with van der Waals surface area (Å²) in [4.78, 5) is 17.9. The Morgan fingerprint density at radius 2 is 1.96 bits per heavy atom. The van der Waals surface area contributed by atoms with Gasteiger partial charge in [0.1, 0.15) is 5.15 Å². The second kappa shape index (κ2) is 6.71. The van der Waals surface area contributed by atoms with Crippen LogP contribution in [-0.4, -0.2) is 10.9 Å². The number of nitrogens with one attached hydrogen (secondary N) is 1. The normalized spacial score (nSPS) is 11.2. The molecule has 26 heavy (non-hydrogen) atoms. The van der Waals surface area contributed by atoms with E-state index in [0.29, 0.717) is 10.0 Å². The van der Waals surface area contributed by atoms with E-state index >= 15 is 0 Å². The molecule has 0 fully saturated rings. The van der Waals surface area contributed by atoms with Crippen molar-refractivity contribution in [3.8, 4) is 0 Å². The number of para-hydroxylation sites is 1. The highest BCUT2D eigenvalue weighted by Crippen LogP contribution is 2.36. The molecule has 0 saturated heterocycles. The fourth-order valence-electron chi connectivity index (χ4n) is 3.09. The average Bonchev–Trinajstić information content (AvgIpc) is 3.09. The number of halogens is 1. The maximum atomic E-state index is 12.8. The molecule has 130 valence electrons. The van der Waals surface area contributed by atoms with Gasteiger partial charge >= 0.3 is 0 Å². The predicted molar refractivity (Wildman–Crippen MR) is 111 cm³/mol. The van der Waals surface area contributed by atoms with Crippen LogP contribution in [0.25, 0.3) is 21.0 Å². The van der Waals surface area contributed by atoms with E-state index in [2.05, 4.69) is 23.3 Å². The lowest BCUT2D eigenvalue weighted by Crippen LogP contribution is -2.11. The number of benzene rings is 2. The topological polar surface area (TPSA) is 42.0 Å². The van der Waals surface area contributed by atoms with E-state index in [1.807, 2.05) is 49.4 Å². The highest BCUT2D eigenvalue weighted by molar-refractivity contribution is 7.22. The number of hydrogen-bond donors (Lipinski definition) is 1. The number of fused-ring (bicyclic) bond motifs is 3. The highest BCUT2D eigenvalue weighted by atomic mass is 35.5. The Kier molecular flexibility index (Phi) is 4.39. The van der Waals surface area contributed by atoms with Crippen molar-refractivity contribution in [2.24, 2.45) is 0 Å². The first-order valence-corrected chi connectivity index (χ1v) is 9.65. The van der Waals surface area contributed by atoms with E-state index in [4.69, 9.17) is 11.6 Å². The zero-order chi connectivity index (χ0) is 18.3. The number of anilines is 1. The summed E-state index contributed by atoms with van der Waals surface area (Å²) in [6.07, 6.45) is 0.864. The number of aryl methyl sites for hydroxylation is 2. The molecule has 1 amide bonds. The summed E-state index contributed by atoms with van der Waals surface area (Å²) in [6, 6.07) is 15.8. The van der Waals surface area contributed by atoms with Gasteiger partial charge in [0.2, 0.25) is 0 Å². The van der Waals surface area contributed by atoms with Gasteiger partial charge in [-0.1, -0.05) is 48.4 Å². The third-order valence-corrected chi connectivity index (χ3v) is 5.90. The molecule has 0 aliphatic carbocycles. The summed E-state index contributed by atoms with van der Waals surface area (Å²) >= 11 is 7.82. The number of carbonyl (C=O) groups is 1. The Labute approximate surface area is 160 Å². The average molecular weight is 381 g/mol. The van der Waals surface area contributed by atoms with E-state index in [9.17, 15) is 4.79 Å². The molecular formula is C21H17ClN2OS. The third kappa shape index (κ3) is 2.96. The minimum absolute atomic E-state index is 0.121. The number of thiophene rings is 1. The van der Waals surface area contributed by atoms with Crippen LogP contribution in [0.15, 0.2) is 48.5 Å². The quantitative estimate of drug-likeness (QED) is 0.428. The number of carbonyl (C=O) groups excluding carboxylic acids is 1. The molecular weight excluding hydrogens is 364 g/mol. The molecule has 0 aliphatic heterocycles. The molecule has 2 aromatic carbocycles. The van der Waals surface area contributed by atoms with Gasteiger partial charge in [-0.2, -0.15) is 0 Å². The zero-order valence-corrected chi connectivity index (χ0v) is 16.0. The van der Waals surface area contributed by atoms with Crippen molar-refractivity contribution in [2.45, 2.75) is 20.3 Å². The summed E-state index contributed by atoms with van der Waals surface area (Å²) < 4.78 is 0.998. The first kappa shape index (κ1) is 17.0. The molecule has 0 unspecified atom stereocenters. The minimum atomic E-state index is -0.121. The van der Waals surface area contributed by atoms with Gasteiger partial charge in [0.15, 0.2) is 0 Å². The monoisotopic (exact) mass is 380 g/mol. The number of pyridine rings is 1. The fraction of sp³-hybridized carbons (Fsp3) is 0.143. The number of nitrogens with zero attached hydrogens (tertiary/aromatic N) is 1. The van der Waals surface area contributed by atoms with Gasteiger partial charge in [-0.05, 0) is 43.2 Å². The second-order valence-electron chi connectivity index (χ2n) is 6.24. The maximum Gasteiger partial charge on any atom is 0.265 e. The van der Waals surface area contributed by atoms with Crippen LogP contribution in [0.1, 0.15) is 27.7 Å². The first-order valence-electron chi connectivity index (χ1n) is 8.45. The van der Waals surface area contributed by atoms with Gasteiger partial charge in [-0.3, -0.25) is 4.79 Å². The third-order valence-electron chi connectivity index (χ3n) is 4.44. The minimum Gasteiger partial charge on any atom is -0.321 e. The van der Waals surface area contributed by atoms with E-state index in [1.165, 1.54) is 11.3 Å². The fourth-order valence-corrected chi connectivity index (χ4v) is 4.46. The van der Waals surface area contributed by atoms with Crippen LogP contribution in [-0.2, 0) is 6.42 Å². The first-order chi connectivity index (χ1) is 12.6. The Balaban J connectivity index is 1.79. The lowest BCUT2D eigenvalue weighted by molar-refractivity contribution is 0.103. The van der Waals surface area contributed by atoms with E-state index < -0.39 is 0 Å². The Morgan fingerprint density at radius 1 is 1.15 bits per heavy atom. The number of aromatic nitrogens is 1. The molecule has 0 aliphatic rings. The predicted octanol–water partition coefficient (Wildman–Crippen LogP) is 6.23. The van der Waals surface area contributed by atoms with Gasteiger partial charge in [0.25, 0.3) is 5.91 Å². The molecule has 2 aromatic heterocycles. The van der Waals surface area contributed by atoms with Crippen LogP contribution in [0, 0.1) is 6.92 Å². The highest BCUT2D eigenvalue weighted by Gasteiger charge is 2.16. The van der Waals surface area contributed by atoms with Crippen LogP contribution in [0.4, 0.5) is 5.69 Å². The van der Waals surface area contributed by atoms with Crippen molar-refractivity contribution < 1.29 is 4.79 Å². The van der Waals surface area contributed by atoms with E-state index in [0.717, 1.165) is 44.2 Å². The molecule has 0 radical (unpaired) electrons. The van der Waals surface area contributed by atoms with Crippen molar-refractivity contribution >= 4 is 55.5 Å². The maximum absolute atomic E-state index is 12.8. The molecule has 3 nitrogen and oxygen atoms in total. The van der Waals surface area contributed by atoms with Crippen molar-refractivity contribution in [2.75, 3.05) is 5.32 Å². The van der Waals surface area contributed by atoms with Gasteiger partial charge in [-0.25, -0.2) is 4.98 Å². The smallest absolute Gasteiger partial charge is 0.265 e. The van der Waals surface area contributed by atoms with Crippen LogP contribution in [0.3, 0.4) is 0 Å². The van der Waals surface area contributed by atoms with E-state index in [-0.39, 0.29) is 5.91 Å². The number of amides is 1. The Bertz CT molecular complexity index is 1150. The molecule has 2 heterocycles. The van der Waals surface area contributed by atoms with Gasteiger partial charge < -0.3 is 5.32 Å². The molecule has 0 atom stereocenters. The molecule has 0 spiro atoms.